The van der Waals surface area contributed by atoms with Crippen molar-refractivity contribution in [3.05, 3.63) is 193 Å². The molecule has 5 heteroatoms. The molecule has 0 spiro atoms. The molecule has 254 valence electrons. The maximum absolute atomic E-state index is 10.5. The van der Waals surface area contributed by atoms with Crippen LogP contribution in [0, 0.1) is 17.9 Å². The smallest absolute Gasteiger partial charge is 0.189 e. The largest absolute Gasteiger partial charge is 0.310 e. The topological polar surface area (TPSA) is 42.9 Å². The fourth-order valence-corrected chi connectivity index (χ4v) is 8.81. The molecule has 5 nitrogen and oxygen atoms in total. The van der Waals surface area contributed by atoms with Crippen molar-refractivity contribution in [2.45, 2.75) is 0 Å². The van der Waals surface area contributed by atoms with E-state index >= 15 is 0 Å². The van der Waals surface area contributed by atoms with Gasteiger partial charge in [-0.3, -0.25) is 0 Å². The molecule has 0 atom stereocenters. The van der Waals surface area contributed by atoms with Gasteiger partial charge >= 0.3 is 0 Å². The molecule has 0 unspecified atom stereocenters. The van der Waals surface area contributed by atoms with Gasteiger partial charge in [0, 0.05) is 49.1 Å². The van der Waals surface area contributed by atoms with Crippen LogP contribution in [0.2, 0.25) is 0 Å². The number of aromatic nitrogens is 3. The minimum atomic E-state index is 0.573. The number of hydrogen-bond donors (Lipinski definition) is 0. The summed E-state index contributed by atoms with van der Waals surface area (Å²) in [4.78, 5) is 3.77. The van der Waals surface area contributed by atoms with E-state index in [1.807, 2.05) is 24.3 Å². The van der Waals surface area contributed by atoms with Crippen LogP contribution in [0.3, 0.4) is 0 Å². The maximum atomic E-state index is 10.5. The lowest BCUT2D eigenvalue weighted by Gasteiger charge is -2.16. The minimum Gasteiger partial charge on any atom is -0.310 e. The number of nitrogens with zero attached hydrogens (tertiary/aromatic N) is 5. The molecule has 0 N–H and O–H groups in total. The SMILES string of the molecule is [C-]#[N+]c1ccc2c3ccccc3n(-c3ccccc3-c3cc(C#N)cc(-n4c5ccccc5c5c(-n6c7ccccc7c7ccccc76)cccc54)c3)c2c1. The highest BCUT2D eigenvalue weighted by atomic mass is 15.0. The van der Waals surface area contributed by atoms with Crippen molar-refractivity contribution in [3.63, 3.8) is 0 Å². The highest BCUT2D eigenvalue weighted by molar-refractivity contribution is 6.16. The van der Waals surface area contributed by atoms with Crippen molar-refractivity contribution >= 4 is 71.1 Å². The van der Waals surface area contributed by atoms with Gasteiger partial charge in [0.15, 0.2) is 5.69 Å². The van der Waals surface area contributed by atoms with Crippen molar-refractivity contribution in [3.8, 4) is 34.3 Å². The number of rotatable bonds is 4. The lowest BCUT2D eigenvalue weighted by atomic mass is 10.00. The first-order chi connectivity index (χ1) is 27.2. The van der Waals surface area contributed by atoms with Crippen LogP contribution in [0.5, 0.6) is 0 Å². The van der Waals surface area contributed by atoms with Crippen LogP contribution in [0.1, 0.15) is 5.56 Å². The molecular formula is C50H29N5. The molecule has 0 aliphatic heterocycles. The predicted octanol–water partition coefficient (Wildman–Crippen LogP) is 13.1. The monoisotopic (exact) mass is 699 g/mol. The highest BCUT2D eigenvalue weighted by Gasteiger charge is 2.21. The molecule has 11 aromatic rings. The Morgan fingerprint density at radius 3 is 1.62 bits per heavy atom. The molecule has 0 saturated heterocycles. The molecule has 8 aromatic carbocycles. The van der Waals surface area contributed by atoms with Crippen molar-refractivity contribution in [2.24, 2.45) is 0 Å². The Morgan fingerprint density at radius 1 is 0.436 bits per heavy atom. The Kier molecular flexibility index (Phi) is 6.61. The van der Waals surface area contributed by atoms with Crippen LogP contribution in [0.25, 0.3) is 98.5 Å². The Bertz CT molecular complexity index is 3420. The molecule has 0 aliphatic carbocycles. The van der Waals surface area contributed by atoms with E-state index in [0.717, 1.165) is 82.8 Å². The van der Waals surface area contributed by atoms with Gasteiger partial charge in [-0.25, -0.2) is 4.85 Å². The first kappa shape index (κ1) is 30.7. The van der Waals surface area contributed by atoms with Gasteiger partial charge < -0.3 is 13.7 Å². The van der Waals surface area contributed by atoms with Crippen molar-refractivity contribution in [1.29, 1.82) is 5.26 Å². The Labute approximate surface area is 316 Å². The molecule has 0 bridgehead atoms. The average molecular weight is 700 g/mol. The van der Waals surface area contributed by atoms with Gasteiger partial charge in [0.2, 0.25) is 0 Å². The molecule has 3 aromatic heterocycles. The van der Waals surface area contributed by atoms with E-state index in [4.69, 9.17) is 6.57 Å². The van der Waals surface area contributed by atoms with Crippen molar-refractivity contribution < 1.29 is 0 Å². The van der Waals surface area contributed by atoms with Gasteiger partial charge in [0.05, 0.1) is 57.2 Å². The van der Waals surface area contributed by atoms with Crippen LogP contribution in [-0.4, -0.2) is 13.7 Å². The Balaban J connectivity index is 1.19. The summed E-state index contributed by atoms with van der Waals surface area (Å²) in [6.45, 7) is 7.76. The Hall–Kier alpha value is -7.86. The molecule has 0 fully saturated rings. The summed E-state index contributed by atoms with van der Waals surface area (Å²) in [6.07, 6.45) is 0. The van der Waals surface area contributed by atoms with E-state index in [-0.39, 0.29) is 0 Å². The number of fused-ring (bicyclic) bond motifs is 9. The lowest BCUT2D eigenvalue weighted by Crippen LogP contribution is -2.00. The first-order valence-corrected chi connectivity index (χ1v) is 18.3. The summed E-state index contributed by atoms with van der Waals surface area (Å²) in [6, 6.07) is 63.7. The van der Waals surface area contributed by atoms with Crippen molar-refractivity contribution in [2.75, 3.05) is 0 Å². The summed E-state index contributed by atoms with van der Waals surface area (Å²) < 4.78 is 6.95. The van der Waals surface area contributed by atoms with E-state index in [1.54, 1.807) is 0 Å². The quantitative estimate of drug-likeness (QED) is 0.169. The standard InChI is InChI=1S/C50H29N5/c1-52-34-25-26-40-39-16-5-10-21-45(39)55(49(40)30-34)42-18-7-2-13-36(42)33-27-32(31-51)28-35(29-33)53-46-22-11-6-17-41(46)50-47(53)23-12-24-48(50)54-43-19-8-3-14-37(43)38-15-4-9-20-44(38)54/h2-30H. The summed E-state index contributed by atoms with van der Waals surface area (Å²) in [5, 5.41) is 17.5. The predicted molar refractivity (Wildman–Crippen MR) is 226 cm³/mol. The minimum absolute atomic E-state index is 0.573. The second kappa shape index (κ2) is 11.8. The fraction of sp³-hybridized carbons (Fsp3) is 0. The van der Waals surface area contributed by atoms with Crippen LogP contribution in [0.4, 0.5) is 5.69 Å². The third-order valence-electron chi connectivity index (χ3n) is 11.0. The lowest BCUT2D eigenvalue weighted by molar-refractivity contribution is 1.16. The number of para-hydroxylation sites is 5. The molecular weight excluding hydrogens is 671 g/mol. The zero-order valence-corrected chi connectivity index (χ0v) is 29.5. The van der Waals surface area contributed by atoms with Gasteiger partial charge in [0.25, 0.3) is 0 Å². The van der Waals surface area contributed by atoms with E-state index in [1.165, 1.54) is 10.8 Å². The second-order valence-electron chi connectivity index (χ2n) is 14.0. The van der Waals surface area contributed by atoms with Gasteiger partial charge in [-0.2, -0.15) is 5.26 Å². The summed E-state index contributed by atoms with van der Waals surface area (Å²) in [5.74, 6) is 0. The van der Waals surface area contributed by atoms with E-state index < -0.39 is 0 Å². The molecule has 3 heterocycles. The van der Waals surface area contributed by atoms with Crippen molar-refractivity contribution in [1.82, 2.24) is 13.7 Å². The summed E-state index contributed by atoms with van der Waals surface area (Å²) in [7, 11) is 0. The molecule has 0 radical (unpaired) electrons. The van der Waals surface area contributed by atoms with Crippen LogP contribution >= 0.6 is 0 Å². The molecule has 11 rings (SSSR count). The summed E-state index contributed by atoms with van der Waals surface area (Å²) >= 11 is 0. The second-order valence-corrected chi connectivity index (χ2v) is 14.0. The maximum Gasteiger partial charge on any atom is 0.189 e. The van der Waals surface area contributed by atoms with E-state index in [2.05, 4.69) is 176 Å². The Morgan fingerprint density at radius 2 is 0.964 bits per heavy atom. The normalized spacial score (nSPS) is 11.6. The number of nitriles is 1. The van der Waals surface area contributed by atoms with Gasteiger partial charge in [-0.05, 0) is 72.3 Å². The fourth-order valence-electron chi connectivity index (χ4n) is 8.81. The van der Waals surface area contributed by atoms with E-state index in [9.17, 15) is 5.26 Å². The highest BCUT2D eigenvalue weighted by Crippen LogP contribution is 2.42. The third-order valence-corrected chi connectivity index (χ3v) is 11.0. The number of benzene rings is 8. The van der Waals surface area contributed by atoms with Gasteiger partial charge in [-0.1, -0.05) is 109 Å². The van der Waals surface area contributed by atoms with E-state index in [0.29, 0.717) is 11.3 Å². The summed E-state index contributed by atoms with van der Waals surface area (Å²) in [5.41, 5.74) is 12.6. The zero-order valence-electron chi connectivity index (χ0n) is 29.5. The molecule has 55 heavy (non-hydrogen) atoms. The first-order valence-electron chi connectivity index (χ1n) is 18.3. The molecule has 0 saturated carbocycles. The average Bonchev–Trinajstić information content (AvgIpc) is 3.89. The van der Waals surface area contributed by atoms with Crippen LogP contribution in [0.15, 0.2) is 176 Å². The van der Waals surface area contributed by atoms with Gasteiger partial charge in [0.1, 0.15) is 0 Å². The number of hydrogen-bond acceptors (Lipinski definition) is 1. The van der Waals surface area contributed by atoms with Crippen LogP contribution in [-0.2, 0) is 0 Å². The molecule has 0 amide bonds. The molecule has 0 aliphatic rings. The third kappa shape index (κ3) is 4.45. The van der Waals surface area contributed by atoms with Gasteiger partial charge in [-0.15, -0.1) is 0 Å². The van der Waals surface area contributed by atoms with Crippen LogP contribution < -0.4 is 0 Å². The zero-order chi connectivity index (χ0) is 36.6.